The van der Waals surface area contributed by atoms with Crippen molar-refractivity contribution in [2.45, 2.75) is 25.2 Å². The average Bonchev–Trinajstić information content (AvgIpc) is 2.28. The lowest BCUT2D eigenvalue weighted by Gasteiger charge is -2.34. The standard InChI is InChI=1S/C14H16O3/c1-17-14(16)9-13(15)12-7-11(8-12)10-5-3-2-4-6-10/h2-6,11-12H,7-9H2,1H3. The third-order valence-electron chi connectivity index (χ3n) is 3.41. The second kappa shape index (κ2) is 5.13. The van der Waals surface area contributed by atoms with E-state index < -0.39 is 5.97 Å². The number of carbonyl (C=O) groups is 2. The average molecular weight is 232 g/mol. The highest BCUT2D eigenvalue weighted by Gasteiger charge is 2.35. The van der Waals surface area contributed by atoms with Crippen molar-refractivity contribution in [2.24, 2.45) is 5.92 Å². The summed E-state index contributed by atoms with van der Waals surface area (Å²) in [5, 5.41) is 0. The highest BCUT2D eigenvalue weighted by Crippen LogP contribution is 2.42. The van der Waals surface area contributed by atoms with Crippen molar-refractivity contribution in [2.75, 3.05) is 7.11 Å². The molecule has 0 spiro atoms. The van der Waals surface area contributed by atoms with E-state index in [1.807, 2.05) is 18.2 Å². The Labute approximate surface area is 101 Å². The molecule has 0 aliphatic heterocycles. The Morgan fingerprint density at radius 2 is 1.88 bits per heavy atom. The predicted molar refractivity (Wildman–Crippen MR) is 63.5 cm³/mol. The number of benzene rings is 1. The van der Waals surface area contributed by atoms with Gasteiger partial charge in [0, 0.05) is 5.92 Å². The molecular weight excluding hydrogens is 216 g/mol. The number of esters is 1. The minimum atomic E-state index is -0.432. The van der Waals surface area contributed by atoms with Crippen LogP contribution in [0.15, 0.2) is 30.3 Å². The summed E-state index contributed by atoms with van der Waals surface area (Å²) in [6, 6.07) is 10.2. The Balaban J connectivity index is 1.83. The molecule has 1 saturated carbocycles. The highest BCUT2D eigenvalue weighted by molar-refractivity contribution is 5.97. The first-order valence-corrected chi connectivity index (χ1v) is 5.85. The van der Waals surface area contributed by atoms with Gasteiger partial charge in [-0.3, -0.25) is 9.59 Å². The van der Waals surface area contributed by atoms with Crippen LogP contribution < -0.4 is 0 Å². The number of ether oxygens (including phenoxy) is 1. The molecule has 1 aromatic rings. The zero-order valence-electron chi connectivity index (χ0n) is 9.89. The number of ketones is 1. The van der Waals surface area contributed by atoms with Crippen molar-refractivity contribution in [1.29, 1.82) is 0 Å². The fraction of sp³-hybridized carbons (Fsp3) is 0.429. The molecule has 90 valence electrons. The van der Waals surface area contributed by atoms with Crippen LogP contribution in [0, 0.1) is 5.92 Å². The van der Waals surface area contributed by atoms with E-state index in [0.29, 0.717) is 5.92 Å². The molecule has 0 bridgehead atoms. The summed E-state index contributed by atoms with van der Waals surface area (Å²) in [4.78, 5) is 22.6. The van der Waals surface area contributed by atoms with Crippen LogP contribution in [0.3, 0.4) is 0 Å². The summed E-state index contributed by atoms with van der Waals surface area (Å²) < 4.78 is 4.49. The normalized spacial score (nSPS) is 22.6. The Kier molecular flexibility index (Phi) is 3.57. The van der Waals surface area contributed by atoms with E-state index in [2.05, 4.69) is 16.9 Å². The fourth-order valence-corrected chi connectivity index (χ4v) is 2.24. The summed E-state index contributed by atoms with van der Waals surface area (Å²) in [7, 11) is 1.31. The summed E-state index contributed by atoms with van der Waals surface area (Å²) in [5.41, 5.74) is 1.29. The molecule has 0 unspecified atom stereocenters. The largest absolute Gasteiger partial charge is 0.469 e. The number of rotatable bonds is 4. The van der Waals surface area contributed by atoms with E-state index in [1.165, 1.54) is 12.7 Å². The minimum absolute atomic E-state index is 0.0176. The molecule has 17 heavy (non-hydrogen) atoms. The lowest BCUT2D eigenvalue weighted by atomic mass is 9.69. The summed E-state index contributed by atoms with van der Waals surface area (Å²) >= 11 is 0. The number of carbonyl (C=O) groups excluding carboxylic acids is 2. The van der Waals surface area contributed by atoms with E-state index in [1.54, 1.807) is 0 Å². The molecule has 0 amide bonds. The molecule has 3 nitrogen and oxygen atoms in total. The van der Waals surface area contributed by atoms with Crippen LogP contribution >= 0.6 is 0 Å². The molecule has 0 radical (unpaired) electrons. The first kappa shape index (κ1) is 11.8. The molecule has 0 atom stereocenters. The van der Waals surface area contributed by atoms with Crippen LogP contribution in [0.1, 0.15) is 30.7 Å². The molecule has 0 saturated heterocycles. The maximum Gasteiger partial charge on any atom is 0.313 e. The first-order chi connectivity index (χ1) is 8.20. The highest BCUT2D eigenvalue weighted by atomic mass is 16.5. The number of hydrogen-bond donors (Lipinski definition) is 0. The quantitative estimate of drug-likeness (QED) is 0.591. The van der Waals surface area contributed by atoms with Crippen LogP contribution in [0.5, 0.6) is 0 Å². The lowest BCUT2D eigenvalue weighted by Crippen LogP contribution is -2.30. The number of methoxy groups -OCH3 is 1. The van der Waals surface area contributed by atoms with E-state index in [9.17, 15) is 9.59 Å². The van der Waals surface area contributed by atoms with Crippen LogP contribution in [-0.4, -0.2) is 18.9 Å². The van der Waals surface area contributed by atoms with Crippen molar-refractivity contribution in [3.63, 3.8) is 0 Å². The van der Waals surface area contributed by atoms with Crippen LogP contribution in [0.25, 0.3) is 0 Å². The van der Waals surface area contributed by atoms with Crippen LogP contribution in [-0.2, 0) is 14.3 Å². The molecule has 1 aromatic carbocycles. The van der Waals surface area contributed by atoms with E-state index >= 15 is 0 Å². The Morgan fingerprint density at radius 3 is 2.47 bits per heavy atom. The summed E-state index contributed by atoms with van der Waals surface area (Å²) in [6.07, 6.45) is 1.64. The third-order valence-corrected chi connectivity index (χ3v) is 3.41. The van der Waals surface area contributed by atoms with Gasteiger partial charge in [-0.1, -0.05) is 30.3 Å². The smallest absolute Gasteiger partial charge is 0.313 e. The summed E-state index contributed by atoms with van der Waals surface area (Å²) in [5.74, 6) is 0.101. The number of hydrogen-bond acceptors (Lipinski definition) is 3. The van der Waals surface area contributed by atoms with Gasteiger partial charge in [0.2, 0.25) is 0 Å². The Hall–Kier alpha value is -1.64. The fourth-order valence-electron chi connectivity index (χ4n) is 2.24. The SMILES string of the molecule is COC(=O)CC(=O)C1CC(c2ccccc2)C1. The molecule has 2 rings (SSSR count). The van der Waals surface area contributed by atoms with Gasteiger partial charge in [-0.05, 0) is 24.3 Å². The topological polar surface area (TPSA) is 43.4 Å². The van der Waals surface area contributed by atoms with Crippen LogP contribution in [0.4, 0.5) is 0 Å². The van der Waals surface area contributed by atoms with Gasteiger partial charge in [0.1, 0.15) is 12.2 Å². The van der Waals surface area contributed by atoms with Gasteiger partial charge in [-0.15, -0.1) is 0 Å². The van der Waals surface area contributed by atoms with Crippen LogP contribution in [0.2, 0.25) is 0 Å². The van der Waals surface area contributed by atoms with Crippen molar-refractivity contribution in [3.8, 4) is 0 Å². The Bertz CT molecular complexity index is 405. The van der Waals surface area contributed by atoms with Gasteiger partial charge in [0.15, 0.2) is 0 Å². The van der Waals surface area contributed by atoms with E-state index in [0.717, 1.165) is 12.8 Å². The first-order valence-electron chi connectivity index (χ1n) is 5.85. The zero-order valence-corrected chi connectivity index (χ0v) is 9.89. The molecule has 0 aromatic heterocycles. The second-order valence-corrected chi connectivity index (χ2v) is 4.50. The van der Waals surface area contributed by atoms with Gasteiger partial charge >= 0.3 is 5.97 Å². The molecular formula is C14H16O3. The summed E-state index contributed by atoms with van der Waals surface area (Å²) in [6.45, 7) is 0. The van der Waals surface area contributed by atoms with Gasteiger partial charge < -0.3 is 4.74 Å². The maximum absolute atomic E-state index is 11.7. The molecule has 1 aliphatic carbocycles. The van der Waals surface area contributed by atoms with Crippen molar-refractivity contribution in [3.05, 3.63) is 35.9 Å². The molecule has 0 N–H and O–H groups in total. The van der Waals surface area contributed by atoms with Gasteiger partial charge in [0.25, 0.3) is 0 Å². The monoisotopic (exact) mass is 232 g/mol. The molecule has 3 heteroatoms. The molecule has 1 fully saturated rings. The Morgan fingerprint density at radius 1 is 1.24 bits per heavy atom. The van der Waals surface area contributed by atoms with Gasteiger partial charge in [0.05, 0.1) is 7.11 Å². The maximum atomic E-state index is 11.7. The van der Waals surface area contributed by atoms with Crippen molar-refractivity contribution < 1.29 is 14.3 Å². The van der Waals surface area contributed by atoms with Gasteiger partial charge in [-0.25, -0.2) is 0 Å². The molecule has 0 heterocycles. The lowest BCUT2D eigenvalue weighted by molar-refractivity contribution is -0.145. The predicted octanol–water partition coefficient (Wildman–Crippen LogP) is 2.31. The third kappa shape index (κ3) is 2.73. The van der Waals surface area contributed by atoms with Crippen molar-refractivity contribution >= 4 is 11.8 Å². The number of Topliss-reactive ketones (excluding diaryl/α,β-unsaturated/α-hetero) is 1. The van der Waals surface area contributed by atoms with Gasteiger partial charge in [-0.2, -0.15) is 0 Å². The zero-order chi connectivity index (χ0) is 12.3. The van der Waals surface area contributed by atoms with E-state index in [4.69, 9.17) is 0 Å². The minimum Gasteiger partial charge on any atom is -0.469 e. The molecule has 1 aliphatic rings. The van der Waals surface area contributed by atoms with Crippen molar-refractivity contribution in [1.82, 2.24) is 0 Å². The van der Waals surface area contributed by atoms with E-state index in [-0.39, 0.29) is 18.1 Å². The second-order valence-electron chi connectivity index (χ2n) is 4.50.